The number of hydrogen-bond donors (Lipinski definition) is 2. The molecule has 0 spiro atoms. The molecule has 0 aromatic carbocycles. The molecule has 1 amide bonds. The first kappa shape index (κ1) is 14.1. The number of aromatic nitrogens is 2. The maximum atomic E-state index is 11.9. The van der Waals surface area contributed by atoms with Crippen molar-refractivity contribution >= 4 is 27.8 Å². The molecule has 0 unspecified atom stereocenters. The average molecular weight is 336 g/mol. The molecule has 0 aliphatic carbocycles. The van der Waals surface area contributed by atoms with E-state index < -0.39 is 5.97 Å². The Balaban J connectivity index is 2.03. The van der Waals surface area contributed by atoms with Gasteiger partial charge in [0.25, 0.3) is 5.91 Å². The van der Waals surface area contributed by atoms with E-state index >= 15 is 0 Å². The summed E-state index contributed by atoms with van der Waals surface area (Å²) in [6, 6.07) is 7.81. The summed E-state index contributed by atoms with van der Waals surface area (Å²) in [6.45, 7) is 0.133. The van der Waals surface area contributed by atoms with E-state index in [-0.39, 0.29) is 23.7 Å². The van der Waals surface area contributed by atoms with Crippen LogP contribution in [0.25, 0.3) is 0 Å². The first-order valence-electron chi connectivity index (χ1n) is 5.65. The normalized spacial score (nSPS) is 10.1. The van der Waals surface area contributed by atoms with Gasteiger partial charge in [-0.1, -0.05) is 6.07 Å². The number of nitrogens with one attached hydrogen (secondary N) is 1. The molecule has 0 fully saturated rings. The van der Waals surface area contributed by atoms with Crippen molar-refractivity contribution < 1.29 is 14.7 Å². The Hall–Kier alpha value is -2.28. The van der Waals surface area contributed by atoms with Crippen LogP contribution in [0.2, 0.25) is 0 Å². The predicted molar refractivity (Wildman–Crippen MR) is 74.3 cm³/mol. The van der Waals surface area contributed by atoms with Gasteiger partial charge >= 0.3 is 5.97 Å². The third-order valence-corrected chi connectivity index (χ3v) is 2.88. The van der Waals surface area contributed by atoms with Crippen LogP contribution in [-0.4, -0.2) is 27.0 Å². The molecule has 102 valence electrons. The lowest BCUT2D eigenvalue weighted by Crippen LogP contribution is -2.24. The standard InChI is InChI=1S/C13H10BrN3O3/c14-11-3-1-2-10(17-11)12(18)16-7-9-6-8(13(19)20)4-5-15-9/h1-6H,7H2,(H,16,18)(H,19,20). The molecular weight excluding hydrogens is 326 g/mol. The first-order valence-corrected chi connectivity index (χ1v) is 6.44. The molecular formula is C13H10BrN3O3. The van der Waals surface area contributed by atoms with E-state index in [1.165, 1.54) is 18.3 Å². The summed E-state index contributed by atoms with van der Waals surface area (Å²) < 4.78 is 0.566. The van der Waals surface area contributed by atoms with Gasteiger partial charge in [0.15, 0.2) is 0 Å². The van der Waals surface area contributed by atoms with Crippen LogP contribution < -0.4 is 5.32 Å². The Morgan fingerprint density at radius 1 is 1.30 bits per heavy atom. The molecule has 0 radical (unpaired) electrons. The summed E-state index contributed by atoms with van der Waals surface area (Å²) >= 11 is 3.18. The Morgan fingerprint density at radius 3 is 2.80 bits per heavy atom. The molecule has 0 aliphatic heterocycles. The van der Waals surface area contributed by atoms with Gasteiger partial charge in [-0.25, -0.2) is 9.78 Å². The number of nitrogens with zero attached hydrogens (tertiary/aromatic N) is 2. The van der Waals surface area contributed by atoms with Crippen LogP contribution in [0.5, 0.6) is 0 Å². The summed E-state index contributed by atoms with van der Waals surface area (Å²) in [4.78, 5) is 30.7. The highest BCUT2D eigenvalue weighted by Gasteiger charge is 2.09. The lowest BCUT2D eigenvalue weighted by molar-refractivity contribution is 0.0696. The Labute approximate surface area is 123 Å². The van der Waals surface area contributed by atoms with Crippen LogP contribution in [0, 0.1) is 0 Å². The smallest absolute Gasteiger partial charge is 0.335 e. The van der Waals surface area contributed by atoms with E-state index in [9.17, 15) is 9.59 Å². The third kappa shape index (κ3) is 3.61. The number of carboxylic acid groups (broad SMARTS) is 1. The molecule has 2 N–H and O–H groups in total. The molecule has 20 heavy (non-hydrogen) atoms. The van der Waals surface area contributed by atoms with Gasteiger partial charge in [0, 0.05) is 6.20 Å². The molecule has 0 saturated carbocycles. The molecule has 2 aromatic rings. The van der Waals surface area contributed by atoms with Gasteiger partial charge in [0.2, 0.25) is 0 Å². The summed E-state index contributed by atoms with van der Waals surface area (Å²) in [5.74, 6) is -1.39. The number of carboxylic acids is 1. The van der Waals surface area contributed by atoms with E-state index in [0.29, 0.717) is 10.3 Å². The molecule has 2 heterocycles. The van der Waals surface area contributed by atoms with Crippen molar-refractivity contribution in [2.75, 3.05) is 0 Å². The largest absolute Gasteiger partial charge is 0.478 e. The lowest BCUT2D eigenvalue weighted by atomic mass is 10.2. The van der Waals surface area contributed by atoms with Crippen molar-refractivity contribution in [2.45, 2.75) is 6.54 Å². The number of carbonyl (C=O) groups is 2. The summed E-state index contributed by atoms with van der Waals surface area (Å²) in [6.07, 6.45) is 1.39. The molecule has 7 heteroatoms. The summed E-state index contributed by atoms with van der Waals surface area (Å²) in [5.41, 5.74) is 0.867. The molecule has 0 bridgehead atoms. The highest BCUT2D eigenvalue weighted by atomic mass is 79.9. The second-order valence-corrected chi connectivity index (χ2v) is 4.68. The van der Waals surface area contributed by atoms with E-state index in [2.05, 4.69) is 31.2 Å². The van der Waals surface area contributed by atoms with Crippen LogP contribution in [0.3, 0.4) is 0 Å². The van der Waals surface area contributed by atoms with Gasteiger partial charge < -0.3 is 10.4 Å². The average Bonchev–Trinajstić information content (AvgIpc) is 2.45. The van der Waals surface area contributed by atoms with E-state index in [1.54, 1.807) is 18.2 Å². The van der Waals surface area contributed by atoms with Gasteiger partial charge in [-0.3, -0.25) is 9.78 Å². The zero-order valence-corrected chi connectivity index (χ0v) is 11.8. The fourth-order valence-corrected chi connectivity index (χ4v) is 1.85. The molecule has 0 aliphatic rings. The molecule has 6 nitrogen and oxygen atoms in total. The topological polar surface area (TPSA) is 92.2 Å². The lowest BCUT2D eigenvalue weighted by Gasteiger charge is -2.05. The zero-order chi connectivity index (χ0) is 14.5. The van der Waals surface area contributed by atoms with Gasteiger partial charge in [-0.15, -0.1) is 0 Å². The maximum Gasteiger partial charge on any atom is 0.335 e. The molecule has 2 aromatic heterocycles. The quantitative estimate of drug-likeness (QED) is 0.832. The van der Waals surface area contributed by atoms with E-state index in [1.807, 2.05) is 0 Å². The van der Waals surface area contributed by atoms with Crippen LogP contribution in [-0.2, 0) is 6.54 Å². The zero-order valence-electron chi connectivity index (χ0n) is 10.2. The number of rotatable bonds is 4. The fourth-order valence-electron chi connectivity index (χ4n) is 1.50. The first-order chi connectivity index (χ1) is 9.56. The maximum absolute atomic E-state index is 11.9. The minimum Gasteiger partial charge on any atom is -0.478 e. The predicted octanol–water partition coefficient (Wildman–Crippen LogP) is 1.87. The van der Waals surface area contributed by atoms with Crippen molar-refractivity contribution in [3.05, 3.63) is 58.1 Å². The molecule has 0 saturated heterocycles. The minimum atomic E-state index is -1.03. The Bertz CT molecular complexity index is 661. The van der Waals surface area contributed by atoms with Crippen LogP contribution in [0.1, 0.15) is 26.5 Å². The van der Waals surface area contributed by atoms with E-state index in [0.717, 1.165) is 0 Å². The van der Waals surface area contributed by atoms with Crippen LogP contribution in [0.15, 0.2) is 41.1 Å². The van der Waals surface area contributed by atoms with Crippen molar-refractivity contribution in [3.8, 4) is 0 Å². The second kappa shape index (κ2) is 6.25. The van der Waals surface area contributed by atoms with Crippen LogP contribution >= 0.6 is 15.9 Å². The van der Waals surface area contributed by atoms with Crippen molar-refractivity contribution in [3.63, 3.8) is 0 Å². The van der Waals surface area contributed by atoms with Gasteiger partial charge in [-0.2, -0.15) is 0 Å². The monoisotopic (exact) mass is 335 g/mol. The number of halogens is 1. The van der Waals surface area contributed by atoms with E-state index in [4.69, 9.17) is 5.11 Å². The second-order valence-electron chi connectivity index (χ2n) is 3.87. The fraction of sp³-hybridized carbons (Fsp3) is 0.0769. The number of amides is 1. The summed E-state index contributed by atoms with van der Waals surface area (Å²) in [7, 11) is 0. The van der Waals surface area contributed by atoms with Crippen molar-refractivity contribution in [2.24, 2.45) is 0 Å². The van der Waals surface area contributed by atoms with Crippen molar-refractivity contribution in [1.82, 2.24) is 15.3 Å². The third-order valence-electron chi connectivity index (χ3n) is 2.44. The number of aromatic carboxylic acids is 1. The highest BCUT2D eigenvalue weighted by molar-refractivity contribution is 9.10. The Kier molecular flexibility index (Phi) is 4.41. The highest BCUT2D eigenvalue weighted by Crippen LogP contribution is 2.07. The number of pyridine rings is 2. The van der Waals surface area contributed by atoms with Gasteiger partial charge in [0.05, 0.1) is 17.8 Å². The van der Waals surface area contributed by atoms with Gasteiger partial charge in [0.1, 0.15) is 10.3 Å². The molecule has 0 atom stereocenters. The van der Waals surface area contributed by atoms with Gasteiger partial charge in [-0.05, 0) is 40.2 Å². The summed E-state index contributed by atoms with van der Waals surface area (Å²) in [5, 5.41) is 11.5. The number of carbonyl (C=O) groups excluding carboxylic acids is 1. The SMILES string of the molecule is O=C(O)c1ccnc(CNC(=O)c2cccc(Br)n2)c1. The number of hydrogen-bond acceptors (Lipinski definition) is 4. The van der Waals surface area contributed by atoms with Crippen LogP contribution in [0.4, 0.5) is 0 Å². The minimum absolute atomic E-state index is 0.129. The van der Waals surface area contributed by atoms with Crippen molar-refractivity contribution in [1.29, 1.82) is 0 Å². The Morgan fingerprint density at radius 2 is 2.10 bits per heavy atom. The molecule has 2 rings (SSSR count).